The van der Waals surface area contributed by atoms with Crippen LogP contribution < -0.4 is 14.8 Å². The van der Waals surface area contributed by atoms with Gasteiger partial charge in [-0.15, -0.1) is 0 Å². The lowest BCUT2D eigenvalue weighted by molar-refractivity contribution is -0.118. The number of fused-ring (bicyclic) bond motifs is 1. The smallest absolute Gasteiger partial charge is 0.262 e. The minimum absolute atomic E-state index is 0.131. The van der Waals surface area contributed by atoms with Gasteiger partial charge in [0.15, 0.2) is 6.61 Å². The van der Waals surface area contributed by atoms with E-state index in [0.717, 1.165) is 25.3 Å². The first kappa shape index (κ1) is 25.4. The van der Waals surface area contributed by atoms with E-state index in [1.165, 1.54) is 12.1 Å². The van der Waals surface area contributed by atoms with Gasteiger partial charge in [0.1, 0.15) is 5.75 Å². The molecule has 2 N–H and O–H groups in total. The number of hydrogen-bond donors (Lipinski definition) is 2. The third-order valence-corrected chi connectivity index (χ3v) is 8.02. The highest BCUT2D eigenvalue weighted by Crippen LogP contribution is 2.34. The summed E-state index contributed by atoms with van der Waals surface area (Å²) in [5.41, 5.74) is 1.53. The Bertz CT molecular complexity index is 1440. The molecule has 35 heavy (non-hydrogen) atoms. The van der Waals surface area contributed by atoms with Crippen LogP contribution in [0.15, 0.2) is 98.8 Å². The van der Waals surface area contributed by atoms with Crippen LogP contribution in [0.25, 0.3) is 10.8 Å². The molecule has 0 radical (unpaired) electrons. The number of halogens is 2. The minimum atomic E-state index is -3.64. The zero-order valence-electron chi connectivity index (χ0n) is 18.5. The number of benzene rings is 4. The highest BCUT2D eigenvalue weighted by atomic mass is 79.9. The van der Waals surface area contributed by atoms with Crippen LogP contribution in [0.5, 0.6) is 5.75 Å². The topological polar surface area (TPSA) is 84.5 Å². The van der Waals surface area contributed by atoms with Crippen molar-refractivity contribution in [2.75, 3.05) is 18.5 Å². The lowest BCUT2D eigenvalue weighted by Gasteiger charge is -2.11. The molecular weight excluding hydrogens is 596 g/mol. The van der Waals surface area contributed by atoms with Gasteiger partial charge in [-0.05, 0) is 81.2 Å². The van der Waals surface area contributed by atoms with Crippen molar-refractivity contribution in [3.8, 4) is 5.75 Å². The van der Waals surface area contributed by atoms with Gasteiger partial charge in [-0.3, -0.25) is 4.79 Å². The van der Waals surface area contributed by atoms with Crippen LogP contribution in [-0.2, 0) is 21.2 Å². The third kappa shape index (κ3) is 6.70. The number of nitrogens with one attached hydrogen (secondary N) is 2. The monoisotopic (exact) mass is 616 g/mol. The fourth-order valence-corrected chi connectivity index (χ4v) is 5.49. The van der Waals surface area contributed by atoms with Crippen LogP contribution in [0.4, 0.5) is 5.69 Å². The van der Waals surface area contributed by atoms with E-state index < -0.39 is 10.0 Å². The quantitative estimate of drug-likeness (QED) is 0.245. The first-order valence-corrected chi connectivity index (χ1v) is 13.8. The van der Waals surface area contributed by atoms with Gasteiger partial charge in [0.2, 0.25) is 10.0 Å². The maximum absolute atomic E-state index is 12.5. The normalized spacial score (nSPS) is 11.4. The Balaban J connectivity index is 1.31. The lowest BCUT2D eigenvalue weighted by atomic mass is 10.1. The molecule has 0 aliphatic heterocycles. The van der Waals surface area contributed by atoms with Crippen LogP contribution in [0.3, 0.4) is 0 Å². The fourth-order valence-electron chi connectivity index (χ4n) is 3.47. The minimum Gasteiger partial charge on any atom is -0.483 e. The Morgan fingerprint density at radius 2 is 1.63 bits per heavy atom. The number of rotatable bonds is 9. The van der Waals surface area contributed by atoms with Crippen LogP contribution in [0.1, 0.15) is 5.56 Å². The molecule has 4 rings (SSSR count). The van der Waals surface area contributed by atoms with Gasteiger partial charge in [-0.2, -0.15) is 0 Å². The molecule has 0 atom stereocenters. The number of carbonyl (C=O) groups is 1. The second kappa shape index (κ2) is 11.3. The first-order valence-electron chi connectivity index (χ1n) is 10.8. The number of anilines is 1. The summed E-state index contributed by atoms with van der Waals surface area (Å²) in [6.45, 7) is 0.103. The molecule has 0 aromatic heterocycles. The van der Waals surface area contributed by atoms with Crippen molar-refractivity contribution in [2.24, 2.45) is 0 Å². The van der Waals surface area contributed by atoms with Crippen molar-refractivity contribution >= 4 is 64.3 Å². The van der Waals surface area contributed by atoms with Crippen molar-refractivity contribution in [2.45, 2.75) is 11.3 Å². The molecule has 4 aromatic carbocycles. The van der Waals surface area contributed by atoms with Crippen LogP contribution in [-0.4, -0.2) is 27.5 Å². The Morgan fingerprint density at radius 3 is 2.37 bits per heavy atom. The van der Waals surface area contributed by atoms with Gasteiger partial charge in [0.25, 0.3) is 5.91 Å². The van der Waals surface area contributed by atoms with E-state index >= 15 is 0 Å². The largest absolute Gasteiger partial charge is 0.483 e. The van der Waals surface area contributed by atoms with Crippen LogP contribution in [0, 0.1) is 0 Å². The summed E-state index contributed by atoms with van der Waals surface area (Å²) < 4.78 is 35.1. The predicted molar refractivity (Wildman–Crippen MR) is 145 cm³/mol. The Hall–Kier alpha value is -2.72. The second-order valence-electron chi connectivity index (χ2n) is 7.74. The SMILES string of the molecule is O=C(COc1ccc2cc(Br)ccc2c1Br)Nc1ccc(S(=O)(=O)NCCc2ccccc2)cc1. The summed E-state index contributed by atoms with van der Waals surface area (Å²) in [5, 5.41) is 4.73. The summed E-state index contributed by atoms with van der Waals surface area (Å²) in [7, 11) is -3.64. The summed E-state index contributed by atoms with van der Waals surface area (Å²) in [6, 6.07) is 25.3. The molecule has 0 spiro atoms. The van der Waals surface area contributed by atoms with E-state index in [-0.39, 0.29) is 17.4 Å². The molecule has 0 aliphatic rings. The number of carbonyl (C=O) groups excluding carboxylic acids is 1. The molecule has 0 fully saturated rings. The Labute approximate surface area is 221 Å². The van der Waals surface area contributed by atoms with Crippen LogP contribution >= 0.6 is 31.9 Å². The van der Waals surface area contributed by atoms with Gasteiger partial charge in [0.05, 0.1) is 9.37 Å². The van der Waals surface area contributed by atoms with E-state index in [4.69, 9.17) is 4.74 Å². The zero-order valence-corrected chi connectivity index (χ0v) is 22.5. The molecule has 180 valence electrons. The molecule has 0 bridgehead atoms. The van der Waals surface area contributed by atoms with Crippen molar-refractivity contribution in [3.05, 3.63) is 99.4 Å². The Morgan fingerprint density at radius 1 is 0.886 bits per heavy atom. The van der Waals surface area contributed by atoms with Crippen LogP contribution in [0.2, 0.25) is 0 Å². The van der Waals surface area contributed by atoms with E-state index in [1.807, 2.05) is 54.6 Å². The van der Waals surface area contributed by atoms with E-state index in [0.29, 0.717) is 24.4 Å². The van der Waals surface area contributed by atoms with Crippen molar-refractivity contribution in [3.63, 3.8) is 0 Å². The van der Waals surface area contributed by atoms with E-state index in [2.05, 4.69) is 41.9 Å². The molecule has 4 aromatic rings. The van der Waals surface area contributed by atoms with Gasteiger partial charge in [-0.1, -0.05) is 58.4 Å². The average molecular weight is 618 g/mol. The third-order valence-electron chi connectivity index (χ3n) is 5.24. The van der Waals surface area contributed by atoms with E-state index in [1.54, 1.807) is 18.2 Å². The maximum Gasteiger partial charge on any atom is 0.262 e. The van der Waals surface area contributed by atoms with Crippen molar-refractivity contribution in [1.82, 2.24) is 4.72 Å². The predicted octanol–water partition coefficient (Wildman–Crippen LogP) is 5.90. The van der Waals surface area contributed by atoms with Gasteiger partial charge >= 0.3 is 0 Å². The standard InChI is InChI=1S/C26H22Br2N2O4S/c27-20-7-12-23-19(16-20)6-13-24(26(23)28)34-17-25(31)30-21-8-10-22(11-9-21)35(32,33)29-15-14-18-4-2-1-3-5-18/h1-13,16,29H,14-15,17H2,(H,30,31). The number of hydrogen-bond acceptors (Lipinski definition) is 4. The number of sulfonamides is 1. The molecule has 0 saturated carbocycles. The van der Waals surface area contributed by atoms with Crippen molar-refractivity contribution < 1.29 is 17.9 Å². The molecular formula is C26H22Br2N2O4S. The molecule has 6 nitrogen and oxygen atoms in total. The summed E-state index contributed by atoms with van der Waals surface area (Å²) in [6.07, 6.45) is 0.596. The van der Waals surface area contributed by atoms with Gasteiger partial charge < -0.3 is 10.1 Å². The molecule has 0 aliphatic carbocycles. The fraction of sp³-hybridized carbons (Fsp3) is 0.115. The highest BCUT2D eigenvalue weighted by molar-refractivity contribution is 9.11. The molecule has 9 heteroatoms. The highest BCUT2D eigenvalue weighted by Gasteiger charge is 2.14. The molecule has 1 amide bonds. The average Bonchev–Trinajstić information content (AvgIpc) is 2.84. The molecule has 0 saturated heterocycles. The molecule has 0 unspecified atom stereocenters. The summed E-state index contributed by atoms with van der Waals surface area (Å²) in [5.74, 6) is 0.197. The summed E-state index contributed by atoms with van der Waals surface area (Å²) in [4.78, 5) is 12.5. The summed E-state index contributed by atoms with van der Waals surface area (Å²) >= 11 is 7.00. The Kier molecular flexibility index (Phi) is 8.22. The van der Waals surface area contributed by atoms with E-state index in [9.17, 15) is 13.2 Å². The van der Waals surface area contributed by atoms with Crippen molar-refractivity contribution in [1.29, 1.82) is 0 Å². The van der Waals surface area contributed by atoms with Gasteiger partial charge in [0, 0.05) is 16.7 Å². The maximum atomic E-state index is 12.5. The second-order valence-corrected chi connectivity index (χ2v) is 11.2. The zero-order chi connectivity index (χ0) is 24.8. The molecule has 0 heterocycles. The van der Waals surface area contributed by atoms with Gasteiger partial charge in [-0.25, -0.2) is 13.1 Å². The first-order chi connectivity index (χ1) is 16.8. The lowest BCUT2D eigenvalue weighted by Crippen LogP contribution is -2.26. The number of ether oxygens (including phenoxy) is 1. The number of amides is 1.